The van der Waals surface area contributed by atoms with E-state index in [1.165, 1.54) is 5.56 Å². The zero-order valence-corrected chi connectivity index (χ0v) is 17.3. The fraction of sp³-hybridized carbons (Fsp3) is 0.500. The highest BCUT2D eigenvalue weighted by Crippen LogP contribution is 2.56. The molecule has 3 saturated heterocycles. The number of likely N-dealkylation sites (tertiary alicyclic amines) is 2. The van der Waals surface area contributed by atoms with Crippen molar-refractivity contribution >= 4 is 23.2 Å². The second-order valence-corrected chi connectivity index (χ2v) is 9.46. The van der Waals surface area contributed by atoms with Gasteiger partial charge in [-0.2, -0.15) is 11.3 Å². The molecule has 3 fully saturated rings. The summed E-state index contributed by atoms with van der Waals surface area (Å²) in [7, 11) is 0. The Bertz CT molecular complexity index is 893. The van der Waals surface area contributed by atoms with Crippen LogP contribution in [0, 0.1) is 10.8 Å². The van der Waals surface area contributed by atoms with Gasteiger partial charge in [0.05, 0.1) is 11.0 Å². The van der Waals surface area contributed by atoms with Crippen molar-refractivity contribution in [3.63, 3.8) is 0 Å². The molecule has 0 aromatic carbocycles. The lowest BCUT2D eigenvalue weighted by atomic mass is 9.60. The van der Waals surface area contributed by atoms with E-state index in [1.807, 2.05) is 34.0 Å². The van der Waals surface area contributed by atoms with Crippen LogP contribution in [0.15, 0.2) is 41.4 Å². The first-order valence-corrected chi connectivity index (χ1v) is 11.3. The molecule has 2 aromatic heterocycles. The number of nitrogens with zero attached hydrogens (tertiary/aromatic N) is 3. The van der Waals surface area contributed by atoms with Crippen LogP contribution >= 0.6 is 11.3 Å². The third kappa shape index (κ3) is 3.07. The molecule has 152 valence electrons. The van der Waals surface area contributed by atoms with Crippen LogP contribution in [-0.2, 0) is 11.3 Å². The molecule has 0 bridgehead atoms. The van der Waals surface area contributed by atoms with Crippen molar-refractivity contribution in [1.82, 2.24) is 20.1 Å². The second-order valence-electron chi connectivity index (χ2n) is 8.68. The molecule has 3 aliphatic rings. The van der Waals surface area contributed by atoms with Crippen molar-refractivity contribution in [3.05, 3.63) is 52.5 Å². The van der Waals surface area contributed by atoms with E-state index in [2.05, 4.69) is 21.3 Å². The summed E-state index contributed by atoms with van der Waals surface area (Å²) in [5, 5.41) is 6.98. The van der Waals surface area contributed by atoms with Crippen LogP contribution in [0.4, 0.5) is 0 Å². The molecule has 5 rings (SSSR count). The number of carbonyl (C=O) groups excluding carboxylic acids is 2. The van der Waals surface area contributed by atoms with Crippen LogP contribution in [-0.4, -0.2) is 59.3 Å². The number of aromatic nitrogens is 1. The maximum Gasteiger partial charge on any atom is 0.254 e. The van der Waals surface area contributed by atoms with Crippen LogP contribution in [0.3, 0.4) is 0 Å². The molecule has 3 aliphatic heterocycles. The summed E-state index contributed by atoms with van der Waals surface area (Å²) in [6.45, 7) is 4.75. The third-order valence-corrected chi connectivity index (χ3v) is 7.90. The molecular formula is C22H26N4O2S. The van der Waals surface area contributed by atoms with Crippen molar-refractivity contribution in [3.8, 4) is 0 Å². The predicted octanol–water partition coefficient (Wildman–Crippen LogP) is 2.39. The molecule has 6 nitrogen and oxygen atoms in total. The summed E-state index contributed by atoms with van der Waals surface area (Å²) >= 11 is 1.56. The van der Waals surface area contributed by atoms with Gasteiger partial charge in [-0.3, -0.25) is 19.5 Å². The van der Waals surface area contributed by atoms with E-state index in [0.717, 1.165) is 64.1 Å². The molecule has 2 amide bonds. The molecule has 1 N–H and O–H groups in total. The monoisotopic (exact) mass is 410 g/mol. The highest BCUT2D eigenvalue weighted by Gasteiger charge is 2.63. The van der Waals surface area contributed by atoms with E-state index in [4.69, 9.17) is 0 Å². The van der Waals surface area contributed by atoms with Crippen LogP contribution in [0.5, 0.6) is 0 Å². The number of piperidine rings is 1. The van der Waals surface area contributed by atoms with Crippen molar-refractivity contribution in [2.24, 2.45) is 10.8 Å². The van der Waals surface area contributed by atoms with Gasteiger partial charge < -0.3 is 10.2 Å². The quantitative estimate of drug-likeness (QED) is 0.844. The average Bonchev–Trinajstić information content (AvgIpc) is 3.45. The molecule has 0 radical (unpaired) electrons. The Morgan fingerprint density at radius 3 is 2.72 bits per heavy atom. The molecule has 2 aromatic rings. The first-order chi connectivity index (χ1) is 14.1. The summed E-state index contributed by atoms with van der Waals surface area (Å²) in [5.74, 6) is 0.333. The van der Waals surface area contributed by atoms with Gasteiger partial charge in [0.15, 0.2) is 0 Å². The Morgan fingerprint density at radius 1 is 1.21 bits per heavy atom. The number of hydrogen-bond acceptors (Lipinski definition) is 5. The molecular weight excluding hydrogens is 384 g/mol. The van der Waals surface area contributed by atoms with Gasteiger partial charge in [0, 0.05) is 62.5 Å². The van der Waals surface area contributed by atoms with Crippen LogP contribution in [0.25, 0.3) is 0 Å². The maximum absolute atomic E-state index is 13.0. The Kier molecular flexibility index (Phi) is 4.67. The highest BCUT2D eigenvalue weighted by molar-refractivity contribution is 7.08. The minimum absolute atomic E-state index is 0.0543. The lowest BCUT2D eigenvalue weighted by Crippen LogP contribution is -2.53. The van der Waals surface area contributed by atoms with Gasteiger partial charge in [0.2, 0.25) is 5.91 Å². The average molecular weight is 411 g/mol. The number of hydrogen-bond donors (Lipinski definition) is 1. The summed E-state index contributed by atoms with van der Waals surface area (Å²) in [6, 6.07) is 5.96. The van der Waals surface area contributed by atoms with Gasteiger partial charge in [-0.05, 0) is 42.3 Å². The minimum atomic E-state index is -0.327. The number of amides is 2. The molecule has 1 atom stereocenters. The number of rotatable bonds is 3. The normalized spacial score (nSPS) is 26.3. The lowest BCUT2D eigenvalue weighted by molar-refractivity contribution is -0.133. The van der Waals surface area contributed by atoms with Crippen LogP contribution in [0.2, 0.25) is 0 Å². The third-order valence-electron chi connectivity index (χ3n) is 7.21. The first kappa shape index (κ1) is 18.8. The lowest BCUT2D eigenvalue weighted by Gasteiger charge is -2.46. The molecule has 0 aliphatic carbocycles. The zero-order chi connectivity index (χ0) is 19.9. The fourth-order valence-electron chi connectivity index (χ4n) is 5.72. The molecule has 5 heterocycles. The van der Waals surface area contributed by atoms with Gasteiger partial charge in [0.1, 0.15) is 0 Å². The van der Waals surface area contributed by atoms with E-state index in [0.29, 0.717) is 0 Å². The summed E-state index contributed by atoms with van der Waals surface area (Å²) in [4.78, 5) is 34.5. The summed E-state index contributed by atoms with van der Waals surface area (Å²) in [6.07, 6.45) is 6.38. The molecule has 7 heteroatoms. The van der Waals surface area contributed by atoms with E-state index < -0.39 is 0 Å². The van der Waals surface area contributed by atoms with Gasteiger partial charge >= 0.3 is 0 Å². The summed E-state index contributed by atoms with van der Waals surface area (Å²) < 4.78 is 0. The maximum atomic E-state index is 13.0. The number of thiophene rings is 1. The van der Waals surface area contributed by atoms with Gasteiger partial charge in [-0.25, -0.2) is 0 Å². The van der Waals surface area contributed by atoms with E-state index >= 15 is 0 Å². The van der Waals surface area contributed by atoms with Crippen molar-refractivity contribution in [2.75, 3.05) is 32.7 Å². The number of nitrogens with one attached hydrogen (secondary N) is 1. The fourth-order valence-corrected chi connectivity index (χ4v) is 6.35. The van der Waals surface area contributed by atoms with Gasteiger partial charge in [-0.15, -0.1) is 0 Å². The van der Waals surface area contributed by atoms with E-state index in [1.54, 1.807) is 17.5 Å². The Balaban J connectivity index is 1.36. The Labute approximate surface area is 174 Å². The summed E-state index contributed by atoms with van der Waals surface area (Å²) in [5.41, 5.74) is 1.58. The molecule has 29 heavy (non-hydrogen) atoms. The number of pyridine rings is 1. The van der Waals surface area contributed by atoms with Crippen LogP contribution in [0.1, 0.15) is 35.2 Å². The van der Waals surface area contributed by atoms with Gasteiger partial charge in [-0.1, -0.05) is 6.07 Å². The highest BCUT2D eigenvalue weighted by atomic mass is 32.1. The number of fused-ring (bicyclic) bond motifs is 1. The van der Waals surface area contributed by atoms with E-state index in [-0.39, 0.29) is 22.6 Å². The van der Waals surface area contributed by atoms with Crippen molar-refractivity contribution in [2.45, 2.75) is 25.8 Å². The van der Waals surface area contributed by atoms with Gasteiger partial charge in [0.25, 0.3) is 5.91 Å². The SMILES string of the molecule is O=C(c1ccsc1)N1CCC2(CC1)CN(Cc1cccnc1)CC21CCNC1=O. The smallest absolute Gasteiger partial charge is 0.254 e. The zero-order valence-electron chi connectivity index (χ0n) is 16.5. The second kappa shape index (κ2) is 7.22. The van der Waals surface area contributed by atoms with Crippen molar-refractivity contribution < 1.29 is 9.59 Å². The standard InChI is InChI=1S/C22H26N4O2S/c27-19(18-3-11-29-14-18)26-9-5-21(6-10-26)15-25(13-17-2-1-7-23-12-17)16-22(21)4-8-24-20(22)28/h1-3,7,11-12,14H,4-6,8-10,13,15-16H2,(H,24,28). The topological polar surface area (TPSA) is 65.5 Å². The largest absolute Gasteiger partial charge is 0.356 e. The molecule has 2 spiro atoms. The van der Waals surface area contributed by atoms with Crippen molar-refractivity contribution in [1.29, 1.82) is 0 Å². The van der Waals surface area contributed by atoms with E-state index in [9.17, 15) is 9.59 Å². The predicted molar refractivity (Wildman–Crippen MR) is 111 cm³/mol. The first-order valence-electron chi connectivity index (χ1n) is 10.3. The minimum Gasteiger partial charge on any atom is -0.356 e. The Morgan fingerprint density at radius 2 is 2.07 bits per heavy atom. The molecule has 0 saturated carbocycles. The Hall–Kier alpha value is -2.25. The number of carbonyl (C=O) groups is 2. The van der Waals surface area contributed by atoms with Crippen LogP contribution < -0.4 is 5.32 Å². The molecule has 1 unspecified atom stereocenters.